The van der Waals surface area contributed by atoms with Gasteiger partial charge in [0.15, 0.2) is 0 Å². The number of rotatable bonds is 4. The average Bonchev–Trinajstić information content (AvgIpc) is 2.25. The van der Waals surface area contributed by atoms with Crippen molar-refractivity contribution in [2.24, 2.45) is 0 Å². The van der Waals surface area contributed by atoms with Crippen LogP contribution in [0.25, 0.3) is 0 Å². The second kappa shape index (κ2) is 5.75. The molecule has 1 nitrogen and oxygen atoms in total. The zero-order valence-corrected chi connectivity index (χ0v) is 9.31. The van der Waals surface area contributed by atoms with Gasteiger partial charge in [0.2, 0.25) is 0 Å². The van der Waals surface area contributed by atoms with Crippen LogP contribution in [0, 0.1) is 18.2 Å². The maximum atomic E-state index is 13.6. The van der Waals surface area contributed by atoms with Crippen LogP contribution in [0.4, 0.5) is 4.39 Å². The van der Waals surface area contributed by atoms with Crippen molar-refractivity contribution in [3.05, 3.63) is 34.6 Å². The lowest BCUT2D eigenvalue weighted by Crippen LogP contribution is -2.21. The van der Waals surface area contributed by atoms with Gasteiger partial charge in [0.1, 0.15) is 5.82 Å². The van der Waals surface area contributed by atoms with E-state index in [0.717, 1.165) is 6.42 Å². The highest BCUT2D eigenvalue weighted by Crippen LogP contribution is 2.24. The highest BCUT2D eigenvalue weighted by molar-refractivity contribution is 6.30. The summed E-state index contributed by atoms with van der Waals surface area (Å²) in [6.07, 6.45) is 5.91. The van der Waals surface area contributed by atoms with Gasteiger partial charge in [-0.1, -0.05) is 36.6 Å². The zero-order valence-electron chi connectivity index (χ0n) is 8.56. The maximum Gasteiger partial charge on any atom is 0.146 e. The van der Waals surface area contributed by atoms with Crippen LogP contribution in [0.5, 0.6) is 0 Å². The van der Waals surface area contributed by atoms with Gasteiger partial charge in [-0.05, 0) is 12.5 Å². The molecule has 0 heterocycles. The van der Waals surface area contributed by atoms with E-state index in [1.165, 1.54) is 6.07 Å². The summed E-state index contributed by atoms with van der Waals surface area (Å²) in [6.45, 7) is 2.39. The SMILES string of the molecule is C#CCNC(CC)c1cccc(Cl)c1F. The van der Waals surface area contributed by atoms with E-state index < -0.39 is 0 Å². The predicted octanol–water partition coefficient (Wildman–Crippen LogP) is 3.15. The van der Waals surface area contributed by atoms with E-state index in [2.05, 4.69) is 11.2 Å². The second-order valence-corrected chi connectivity index (χ2v) is 3.60. The zero-order chi connectivity index (χ0) is 11.3. The van der Waals surface area contributed by atoms with E-state index in [4.69, 9.17) is 18.0 Å². The normalized spacial score (nSPS) is 12.1. The van der Waals surface area contributed by atoms with Crippen LogP contribution in [-0.2, 0) is 0 Å². The Kier molecular flexibility index (Phi) is 4.61. The number of benzene rings is 1. The molecule has 0 saturated carbocycles. The van der Waals surface area contributed by atoms with E-state index in [0.29, 0.717) is 12.1 Å². The average molecular weight is 226 g/mol. The van der Waals surface area contributed by atoms with Gasteiger partial charge in [0.25, 0.3) is 0 Å². The third kappa shape index (κ3) is 2.95. The van der Waals surface area contributed by atoms with E-state index in [9.17, 15) is 4.39 Å². The van der Waals surface area contributed by atoms with Crippen LogP contribution < -0.4 is 5.32 Å². The molecule has 0 saturated heterocycles. The topological polar surface area (TPSA) is 12.0 Å². The number of halogens is 2. The molecule has 3 heteroatoms. The van der Waals surface area contributed by atoms with Crippen LogP contribution in [0.15, 0.2) is 18.2 Å². The fourth-order valence-corrected chi connectivity index (χ4v) is 1.63. The number of hydrogen-bond donors (Lipinski definition) is 1. The highest BCUT2D eigenvalue weighted by atomic mass is 35.5. The van der Waals surface area contributed by atoms with Crippen LogP contribution >= 0.6 is 11.6 Å². The number of hydrogen-bond acceptors (Lipinski definition) is 1. The fraction of sp³-hybridized carbons (Fsp3) is 0.333. The highest BCUT2D eigenvalue weighted by Gasteiger charge is 2.14. The summed E-state index contributed by atoms with van der Waals surface area (Å²) in [5.74, 6) is 2.10. The Labute approximate surface area is 94.6 Å². The second-order valence-electron chi connectivity index (χ2n) is 3.19. The van der Waals surface area contributed by atoms with E-state index in [1.54, 1.807) is 12.1 Å². The smallest absolute Gasteiger partial charge is 0.146 e. The van der Waals surface area contributed by atoms with Crippen molar-refractivity contribution in [2.45, 2.75) is 19.4 Å². The molecule has 1 rings (SSSR count). The summed E-state index contributed by atoms with van der Waals surface area (Å²) in [6, 6.07) is 4.91. The van der Waals surface area contributed by atoms with Gasteiger partial charge in [0.05, 0.1) is 11.6 Å². The van der Waals surface area contributed by atoms with Crippen molar-refractivity contribution in [3.63, 3.8) is 0 Å². The lowest BCUT2D eigenvalue weighted by molar-refractivity contribution is 0.513. The monoisotopic (exact) mass is 225 g/mol. The summed E-state index contributed by atoms with van der Waals surface area (Å²) in [4.78, 5) is 0. The Morgan fingerprint density at radius 2 is 2.33 bits per heavy atom. The van der Waals surface area contributed by atoms with Gasteiger partial charge in [0, 0.05) is 11.6 Å². The molecule has 1 aromatic carbocycles. The number of nitrogens with one attached hydrogen (secondary N) is 1. The Morgan fingerprint density at radius 1 is 1.60 bits per heavy atom. The summed E-state index contributed by atoms with van der Waals surface area (Å²) >= 11 is 5.71. The van der Waals surface area contributed by atoms with Gasteiger partial charge in [-0.15, -0.1) is 6.42 Å². The van der Waals surface area contributed by atoms with Gasteiger partial charge in [-0.3, -0.25) is 5.32 Å². The first-order valence-corrected chi connectivity index (χ1v) is 5.19. The van der Waals surface area contributed by atoms with Crippen LogP contribution in [0.1, 0.15) is 24.9 Å². The van der Waals surface area contributed by atoms with E-state index in [-0.39, 0.29) is 16.9 Å². The van der Waals surface area contributed by atoms with Crippen LogP contribution in [0.3, 0.4) is 0 Å². The summed E-state index contributed by atoms with van der Waals surface area (Å²) in [7, 11) is 0. The molecule has 0 spiro atoms. The largest absolute Gasteiger partial charge is 0.299 e. The molecule has 1 unspecified atom stereocenters. The Balaban J connectivity index is 2.92. The van der Waals surface area contributed by atoms with Crippen molar-refractivity contribution >= 4 is 11.6 Å². The fourth-order valence-electron chi connectivity index (χ4n) is 1.45. The van der Waals surface area contributed by atoms with Gasteiger partial charge < -0.3 is 0 Å². The number of terminal acetylenes is 1. The van der Waals surface area contributed by atoms with E-state index in [1.807, 2.05) is 6.92 Å². The van der Waals surface area contributed by atoms with Crippen molar-refractivity contribution in [3.8, 4) is 12.3 Å². The van der Waals surface area contributed by atoms with Gasteiger partial charge in [-0.2, -0.15) is 0 Å². The molecule has 1 N–H and O–H groups in total. The van der Waals surface area contributed by atoms with E-state index >= 15 is 0 Å². The molecule has 0 aromatic heterocycles. The molecular weight excluding hydrogens is 213 g/mol. The molecule has 0 bridgehead atoms. The van der Waals surface area contributed by atoms with Crippen molar-refractivity contribution in [1.82, 2.24) is 5.32 Å². The van der Waals surface area contributed by atoms with Crippen molar-refractivity contribution in [2.75, 3.05) is 6.54 Å². The Hall–Kier alpha value is -1.04. The summed E-state index contributed by atoms with van der Waals surface area (Å²) in [5.41, 5.74) is 0.570. The predicted molar refractivity (Wildman–Crippen MR) is 61.3 cm³/mol. The van der Waals surface area contributed by atoms with Crippen LogP contribution in [-0.4, -0.2) is 6.54 Å². The molecule has 0 aliphatic carbocycles. The summed E-state index contributed by atoms with van der Waals surface area (Å²) < 4.78 is 13.6. The minimum atomic E-state index is -0.365. The molecule has 1 atom stereocenters. The molecule has 0 amide bonds. The standard InChI is InChI=1S/C12H13ClFN/c1-3-8-15-11(4-2)9-6-5-7-10(13)12(9)14/h1,5-7,11,15H,4,8H2,2H3. The minimum absolute atomic E-state index is 0.0836. The Bertz CT molecular complexity index is 370. The van der Waals surface area contributed by atoms with Crippen molar-refractivity contribution < 1.29 is 4.39 Å². The molecule has 0 radical (unpaired) electrons. The first-order chi connectivity index (χ1) is 7.20. The molecule has 80 valence electrons. The summed E-state index contributed by atoms with van der Waals surface area (Å²) in [5, 5.41) is 3.22. The van der Waals surface area contributed by atoms with Crippen LogP contribution in [0.2, 0.25) is 5.02 Å². The molecular formula is C12H13ClFN. The molecule has 0 fully saturated rings. The quantitative estimate of drug-likeness (QED) is 0.777. The van der Waals surface area contributed by atoms with Crippen molar-refractivity contribution in [1.29, 1.82) is 0 Å². The lowest BCUT2D eigenvalue weighted by Gasteiger charge is -2.16. The third-order valence-electron chi connectivity index (χ3n) is 2.22. The van der Waals surface area contributed by atoms with Gasteiger partial charge in [-0.25, -0.2) is 4.39 Å². The first kappa shape index (κ1) is 12.0. The first-order valence-electron chi connectivity index (χ1n) is 4.81. The maximum absolute atomic E-state index is 13.6. The molecule has 0 aliphatic rings. The molecule has 1 aromatic rings. The Morgan fingerprint density at radius 3 is 2.93 bits per heavy atom. The lowest BCUT2D eigenvalue weighted by atomic mass is 10.0. The molecule has 15 heavy (non-hydrogen) atoms. The third-order valence-corrected chi connectivity index (χ3v) is 2.51. The van der Waals surface area contributed by atoms with Gasteiger partial charge >= 0.3 is 0 Å². The molecule has 0 aliphatic heterocycles. The minimum Gasteiger partial charge on any atom is -0.299 e.